The van der Waals surface area contributed by atoms with Crippen molar-refractivity contribution in [2.75, 3.05) is 11.9 Å². The first-order valence-corrected chi connectivity index (χ1v) is 6.13. The number of amides is 1. The molecule has 0 bridgehead atoms. The molecule has 1 aromatic rings. The minimum Gasteiger partial charge on any atom is -0.374 e. The molecule has 0 aliphatic heterocycles. The summed E-state index contributed by atoms with van der Waals surface area (Å²) >= 11 is 0. The summed E-state index contributed by atoms with van der Waals surface area (Å²) in [7, 11) is 0. The zero-order chi connectivity index (χ0) is 13.5. The zero-order valence-electron chi connectivity index (χ0n) is 11.1. The smallest absolute Gasteiger partial charge is 0.242 e. The predicted molar refractivity (Wildman–Crippen MR) is 72.3 cm³/mol. The molecule has 1 aromatic carbocycles. The second kappa shape index (κ2) is 6.65. The van der Waals surface area contributed by atoms with Gasteiger partial charge in [-0.25, -0.2) is 0 Å². The second-order valence-electron chi connectivity index (χ2n) is 4.30. The third-order valence-electron chi connectivity index (χ3n) is 2.67. The molecule has 2 N–H and O–H groups in total. The van der Waals surface area contributed by atoms with E-state index in [1.807, 2.05) is 32.9 Å². The van der Waals surface area contributed by atoms with E-state index in [0.717, 1.165) is 17.7 Å². The van der Waals surface area contributed by atoms with Crippen LogP contribution in [0.3, 0.4) is 0 Å². The fourth-order valence-electron chi connectivity index (χ4n) is 1.60. The summed E-state index contributed by atoms with van der Waals surface area (Å²) in [6.07, 6.45) is 0.925. The number of nitriles is 1. The summed E-state index contributed by atoms with van der Waals surface area (Å²) in [4.78, 5) is 11.7. The maximum Gasteiger partial charge on any atom is 0.242 e. The number of benzene rings is 1. The van der Waals surface area contributed by atoms with Gasteiger partial charge < -0.3 is 10.6 Å². The Kier molecular flexibility index (Phi) is 5.19. The molecule has 4 nitrogen and oxygen atoms in total. The summed E-state index contributed by atoms with van der Waals surface area (Å²) in [5.74, 6) is -0.0149. The maximum absolute atomic E-state index is 11.7. The molecule has 0 heterocycles. The summed E-state index contributed by atoms with van der Waals surface area (Å²) in [6.45, 7) is 6.41. The number of aryl methyl sites for hydroxylation is 1. The lowest BCUT2D eigenvalue weighted by atomic mass is 10.1. The van der Waals surface area contributed by atoms with Crippen LogP contribution in [0.25, 0.3) is 0 Å². The van der Waals surface area contributed by atoms with Gasteiger partial charge in [-0.05, 0) is 44.0 Å². The van der Waals surface area contributed by atoms with Crippen LogP contribution >= 0.6 is 0 Å². The van der Waals surface area contributed by atoms with Gasteiger partial charge >= 0.3 is 0 Å². The van der Waals surface area contributed by atoms with Gasteiger partial charge in [0.15, 0.2) is 0 Å². The van der Waals surface area contributed by atoms with Crippen molar-refractivity contribution in [3.05, 3.63) is 29.3 Å². The van der Waals surface area contributed by atoms with Gasteiger partial charge in [0.25, 0.3) is 0 Å². The Hall–Kier alpha value is -2.02. The van der Waals surface area contributed by atoms with E-state index >= 15 is 0 Å². The standard InChI is InChI=1S/C14H19N3O/c1-4-7-16-14(18)11(3)17-13-6-5-12(9-15)10(2)8-13/h5-6,8,11,17H,4,7H2,1-3H3,(H,16,18). The van der Waals surface area contributed by atoms with E-state index in [1.165, 1.54) is 0 Å². The topological polar surface area (TPSA) is 64.9 Å². The minimum atomic E-state index is -0.288. The van der Waals surface area contributed by atoms with E-state index in [1.54, 1.807) is 6.07 Å². The number of nitrogens with zero attached hydrogens (tertiary/aromatic N) is 1. The first-order valence-electron chi connectivity index (χ1n) is 6.13. The monoisotopic (exact) mass is 245 g/mol. The van der Waals surface area contributed by atoms with Crippen LogP contribution < -0.4 is 10.6 Å². The Labute approximate surface area is 108 Å². The quantitative estimate of drug-likeness (QED) is 0.835. The van der Waals surface area contributed by atoms with E-state index in [-0.39, 0.29) is 11.9 Å². The minimum absolute atomic E-state index is 0.0149. The summed E-state index contributed by atoms with van der Waals surface area (Å²) in [5, 5.41) is 14.8. The molecular formula is C14H19N3O. The van der Waals surface area contributed by atoms with Crippen LogP contribution in [0.15, 0.2) is 18.2 Å². The van der Waals surface area contributed by atoms with E-state index < -0.39 is 0 Å². The molecule has 1 unspecified atom stereocenters. The summed E-state index contributed by atoms with van der Waals surface area (Å²) in [5.41, 5.74) is 2.41. The number of carbonyl (C=O) groups is 1. The van der Waals surface area contributed by atoms with E-state index in [0.29, 0.717) is 12.1 Å². The van der Waals surface area contributed by atoms with Crippen molar-refractivity contribution in [1.29, 1.82) is 5.26 Å². The van der Waals surface area contributed by atoms with Gasteiger partial charge in [-0.2, -0.15) is 5.26 Å². The Morgan fingerprint density at radius 2 is 2.22 bits per heavy atom. The maximum atomic E-state index is 11.7. The Bertz CT molecular complexity index is 463. The Morgan fingerprint density at radius 1 is 1.50 bits per heavy atom. The van der Waals surface area contributed by atoms with Crippen LogP contribution in [-0.2, 0) is 4.79 Å². The van der Waals surface area contributed by atoms with Gasteiger partial charge in [0.05, 0.1) is 11.6 Å². The van der Waals surface area contributed by atoms with Crippen molar-refractivity contribution >= 4 is 11.6 Å². The third kappa shape index (κ3) is 3.77. The molecular weight excluding hydrogens is 226 g/mol. The van der Waals surface area contributed by atoms with E-state index in [9.17, 15) is 4.79 Å². The molecule has 4 heteroatoms. The van der Waals surface area contributed by atoms with Crippen LogP contribution in [0.4, 0.5) is 5.69 Å². The lowest BCUT2D eigenvalue weighted by molar-refractivity contribution is -0.121. The number of carbonyl (C=O) groups excluding carboxylic acids is 1. The first kappa shape index (κ1) is 14.0. The van der Waals surface area contributed by atoms with Crippen molar-refractivity contribution in [3.8, 4) is 6.07 Å². The molecule has 0 spiro atoms. The molecule has 96 valence electrons. The molecule has 1 rings (SSSR count). The first-order chi connectivity index (χ1) is 8.58. The molecule has 0 radical (unpaired) electrons. The average Bonchev–Trinajstić information content (AvgIpc) is 2.36. The van der Waals surface area contributed by atoms with Crippen LogP contribution in [0.2, 0.25) is 0 Å². The van der Waals surface area contributed by atoms with Gasteiger partial charge in [0, 0.05) is 12.2 Å². The molecule has 0 saturated carbocycles. The van der Waals surface area contributed by atoms with Gasteiger partial charge in [-0.1, -0.05) is 6.92 Å². The highest BCUT2D eigenvalue weighted by Gasteiger charge is 2.11. The van der Waals surface area contributed by atoms with Crippen molar-refractivity contribution in [1.82, 2.24) is 5.32 Å². The van der Waals surface area contributed by atoms with Crippen molar-refractivity contribution in [3.63, 3.8) is 0 Å². The van der Waals surface area contributed by atoms with Gasteiger partial charge in [-0.15, -0.1) is 0 Å². The van der Waals surface area contributed by atoms with Crippen molar-refractivity contribution in [2.24, 2.45) is 0 Å². The summed E-state index contributed by atoms with van der Waals surface area (Å²) < 4.78 is 0. The number of hydrogen-bond donors (Lipinski definition) is 2. The highest BCUT2D eigenvalue weighted by Crippen LogP contribution is 2.15. The Morgan fingerprint density at radius 3 is 2.78 bits per heavy atom. The van der Waals surface area contributed by atoms with Crippen molar-refractivity contribution < 1.29 is 4.79 Å². The van der Waals surface area contributed by atoms with Crippen molar-refractivity contribution in [2.45, 2.75) is 33.2 Å². The lowest BCUT2D eigenvalue weighted by Crippen LogP contribution is -2.37. The number of hydrogen-bond acceptors (Lipinski definition) is 3. The molecule has 0 saturated heterocycles. The van der Waals surface area contributed by atoms with Crippen LogP contribution in [0, 0.1) is 18.3 Å². The normalized spacial score (nSPS) is 11.4. The lowest BCUT2D eigenvalue weighted by Gasteiger charge is -2.15. The van der Waals surface area contributed by atoms with Crippen LogP contribution in [0.5, 0.6) is 0 Å². The second-order valence-corrected chi connectivity index (χ2v) is 4.30. The molecule has 0 aliphatic carbocycles. The number of rotatable bonds is 5. The van der Waals surface area contributed by atoms with E-state index in [2.05, 4.69) is 16.7 Å². The van der Waals surface area contributed by atoms with Crippen LogP contribution in [0.1, 0.15) is 31.4 Å². The largest absolute Gasteiger partial charge is 0.374 e. The summed E-state index contributed by atoms with van der Waals surface area (Å²) in [6, 6.07) is 7.28. The van der Waals surface area contributed by atoms with Gasteiger partial charge in [-0.3, -0.25) is 4.79 Å². The number of nitrogens with one attached hydrogen (secondary N) is 2. The molecule has 1 amide bonds. The molecule has 0 aromatic heterocycles. The zero-order valence-corrected chi connectivity index (χ0v) is 11.1. The Balaban J connectivity index is 2.65. The SMILES string of the molecule is CCCNC(=O)C(C)Nc1ccc(C#N)c(C)c1. The third-order valence-corrected chi connectivity index (χ3v) is 2.67. The van der Waals surface area contributed by atoms with Gasteiger partial charge in [0.1, 0.15) is 6.04 Å². The molecule has 1 atom stereocenters. The fourth-order valence-corrected chi connectivity index (χ4v) is 1.60. The fraction of sp³-hybridized carbons (Fsp3) is 0.429. The predicted octanol–water partition coefficient (Wildman–Crippen LogP) is 2.19. The van der Waals surface area contributed by atoms with Crippen LogP contribution in [-0.4, -0.2) is 18.5 Å². The highest BCUT2D eigenvalue weighted by atomic mass is 16.2. The van der Waals surface area contributed by atoms with Gasteiger partial charge in [0.2, 0.25) is 5.91 Å². The molecule has 0 aliphatic rings. The van der Waals surface area contributed by atoms with E-state index in [4.69, 9.17) is 5.26 Å². The number of anilines is 1. The average molecular weight is 245 g/mol. The molecule has 18 heavy (non-hydrogen) atoms. The molecule has 0 fully saturated rings. The highest BCUT2D eigenvalue weighted by molar-refractivity contribution is 5.84.